The number of fused-ring (bicyclic) bond motifs is 2. The Hall–Kier alpha value is -3.88. The first-order chi connectivity index (χ1) is 20.3. The van der Waals surface area contributed by atoms with Crippen molar-refractivity contribution in [1.29, 1.82) is 0 Å². The maximum atomic E-state index is 14.4. The smallest absolute Gasteiger partial charge is 0.408 e. The summed E-state index contributed by atoms with van der Waals surface area (Å²) in [5.41, 5.74) is 2.59. The van der Waals surface area contributed by atoms with Crippen molar-refractivity contribution in [2.45, 2.75) is 90.4 Å². The summed E-state index contributed by atoms with van der Waals surface area (Å²) in [7, 11) is 0. The molecule has 2 aliphatic heterocycles. The number of rotatable bonds is 5. The minimum Gasteiger partial charge on any atom is -0.444 e. The number of aromatic nitrogens is 2. The van der Waals surface area contributed by atoms with Gasteiger partial charge < -0.3 is 24.3 Å². The zero-order valence-corrected chi connectivity index (χ0v) is 26.0. The van der Waals surface area contributed by atoms with Gasteiger partial charge in [-0.1, -0.05) is 51.1 Å². The summed E-state index contributed by atoms with van der Waals surface area (Å²) in [6.45, 7) is 12.3. The Morgan fingerprint density at radius 3 is 2.33 bits per heavy atom. The van der Waals surface area contributed by atoms with Crippen LogP contribution in [0.1, 0.15) is 72.4 Å². The topological polar surface area (TPSA) is 96.2 Å². The Morgan fingerprint density at radius 2 is 1.67 bits per heavy atom. The molecule has 228 valence electrons. The third-order valence-corrected chi connectivity index (χ3v) is 8.86. The van der Waals surface area contributed by atoms with E-state index in [9.17, 15) is 14.4 Å². The molecule has 6 rings (SSSR count). The van der Waals surface area contributed by atoms with E-state index in [4.69, 9.17) is 9.72 Å². The van der Waals surface area contributed by atoms with E-state index in [0.29, 0.717) is 19.5 Å². The van der Waals surface area contributed by atoms with Gasteiger partial charge >= 0.3 is 6.09 Å². The molecule has 1 N–H and O–H groups in total. The van der Waals surface area contributed by atoms with Crippen LogP contribution in [0.3, 0.4) is 0 Å². The third-order valence-electron chi connectivity index (χ3n) is 8.86. The van der Waals surface area contributed by atoms with E-state index in [1.807, 2.05) is 65.4 Å². The molecule has 0 radical (unpaired) electrons. The van der Waals surface area contributed by atoms with Crippen molar-refractivity contribution in [2.75, 3.05) is 13.1 Å². The van der Waals surface area contributed by atoms with Crippen molar-refractivity contribution in [1.82, 2.24) is 24.5 Å². The molecule has 0 spiro atoms. The average Bonchev–Trinajstić information content (AvgIpc) is 3.38. The maximum Gasteiger partial charge on any atom is 0.408 e. The first kappa shape index (κ1) is 29.2. The molecule has 3 aromatic rings. The van der Waals surface area contributed by atoms with Crippen LogP contribution in [0.5, 0.6) is 0 Å². The van der Waals surface area contributed by atoms with E-state index in [1.54, 1.807) is 20.8 Å². The summed E-state index contributed by atoms with van der Waals surface area (Å²) in [5.74, 6) is -0.0130. The second-order valence-electron chi connectivity index (χ2n) is 14.4. The highest BCUT2D eigenvalue weighted by molar-refractivity contribution is 5.88. The van der Waals surface area contributed by atoms with Crippen LogP contribution in [0.4, 0.5) is 4.79 Å². The number of pyridine rings is 1. The normalized spacial score (nSPS) is 22.9. The average molecular weight is 586 g/mol. The Labute approximate surface area is 253 Å². The number of nitrogens with zero attached hydrogens (tertiary/aromatic N) is 4. The van der Waals surface area contributed by atoms with Crippen molar-refractivity contribution in [3.63, 3.8) is 0 Å². The lowest BCUT2D eigenvalue weighted by atomic mass is 9.85. The van der Waals surface area contributed by atoms with Crippen molar-refractivity contribution < 1.29 is 19.1 Å². The summed E-state index contributed by atoms with van der Waals surface area (Å²) in [6, 6.07) is 13.2. The predicted molar refractivity (Wildman–Crippen MR) is 164 cm³/mol. The summed E-state index contributed by atoms with van der Waals surface area (Å²) < 4.78 is 7.57. The minimum absolute atomic E-state index is 0.0809. The lowest BCUT2D eigenvalue weighted by molar-refractivity contribution is -0.138. The number of amides is 3. The van der Waals surface area contributed by atoms with Gasteiger partial charge in [-0.15, -0.1) is 0 Å². The van der Waals surface area contributed by atoms with Crippen LogP contribution >= 0.6 is 0 Å². The van der Waals surface area contributed by atoms with E-state index >= 15 is 0 Å². The molecule has 2 aromatic heterocycles. The molecule has 1 saturated carbocycles. The van der Waals surface area contributed by atoms with E-state index in [-0.39, 0.29) is 35.7 Å². The molecule has 1 aromatic carbocycles. The summed E-state index contributed by atoms with van der Waals surface area (Å²) in [6.07, 6.45) is 6.00. The van der Waals surface area contributed by atoms with Gasteiger partial charge in [0.05, 0.1) is 17.8 Å². The highest BCUT2D eigenvalue weighted by atomic mass is 16.6. The lowest BCUT2D eigenvalue weighted by Crippen LogP contribution is -2.57. The largest absolute Gasteiger partial charge is 0.444 e. The van der Waals surface area contributed by atoms with Crippen LogP contribution in [0, 0.1) is 11.3 Å². The monoisotopic (exact) mass is 585 g/mol. The number of benzene rings is 1. The minimum atomic E-state index is -0.791. The zero-order chi connectivity index (χ0) is 30.7. The Balaban J connectivity index is 1.36. The molecular weight excluding hydrogens is 542 g/mol. The Kier molecular flexibility index (Phi) is 7.26. The number of imidazole rings is 1. The molecule has 9 heteroatoms. The zero-order valence-electron chi connectivity index (χ0n) is 26.0. The van der Waals surface area contributed by atoms with Crippen LogP contribution in [-0.4, -0.2) is 73.9 Å². The fourth-order valence-electron chi connectivity index (χ4n) is 6.72. The molecule has 0 unspecified atom stereocenters. The van der Waals surface area contributed by atoms with Gasteiger partial charge in [0.2, 0.25) is 11.8 Å². The van der Waals surface area contributed by atoms with E-state index in [2.05, 4.69) is 29.7 Å². The summed E-state index contributed by atoms with van der Waals surface area (Å²) >= 11 is 0. The lowest BCUT2D eigenvalue weighted by Gasteiger charge is -2.37. The highest BCUT2D eigenvalue weighted by Gasteiger charge is 2.55. The molecule has 43 heavy (non-hydrogen) atoms. The highest BCUT2D eigenvalue weighted by Crippen LogP contribution is 2.44. The second kappa shape index (κ2) is 10.7. The molecule has 1 aliphatic carbocycles. The number of alkyl carbamates (subject to hydrolysis) is 1. The predicted octanol–water partition coefficient (Wildman–Crippen LogP) is 5.25. The Morgan fingerprint density at radius 1 is 0.953 bits per heavy atom. The number of ether oxygens (including phenoxy) is 1. The van der Waals surface area contributed by atoms with Crippen molar-refractivity contribution >= 4 is 23.6 Å². The number of nitrogens with one attached hydrogen (secondary N) is 1. The molecule has 3 amide bonds. The van der Waals surface area contributed by atoms with Gasteiger partial charge in [-0.3, -0.25) is 9.59 Å². The van der Waals surface area contributed by atoms with Gasteiger partial charge in [-0.05, 0) is 63.1 Å². The van der Waals surface area contributed by atoms with Crippen LogP contribution in [0.25, 0.3) is 16.8 Å². The van der Waals surface area contributed by atoms with E-state index < -0.39 is 23.2 Å². The van der Waals surface area contributed by atoms with Crippen LogP contribution in [-0.2, 0) is 14.3 Å². The number of carbonyl (C=O) groups excluding carboxylic acids is 3. The molecular formula is C34H43N5O4. The summed E-state index contributed by atoms with van der Waals surface area (Å²) in [4.78, 5) is 49.8. The van der Waals surface area contributed by atoms with Crippen molar-refractivity contribution in [2.24, 2.45) is 11.3 Å². The number of likely N-dealkylation sites (tertiary alicyclic amines) is 2. The van der Waals surface area contributed by atoms with Crippen molar-refractivity contribution in [3.8, 4) is 11.1 Å². The van der Waals surface area contributed by atoms with Gasteiger partial charge in [0, 0.05) is 42.9 Å². The molecule has 4 atom stereocenters. The molecule has 3 aliphatic rings. The van der Waals surface area contributed by atoms with E-state index in [0.717, 1.165) is 35.3 Å². The summed E-state index contributed by atoms with van der Waals surface area (Å²) in [5, 5.41) is 2.88. The molecule has 9 nitrogen and oxygen atoms in total. The molecule has 2 saturated heterocycles. The SMILES string of the molecule is CC(C)(C)OC(=O)N[C@H](C(=O)N1CC[C@@H]2[C@H]1[C@@H](c1cn3cccc(-c4ccccc4)c3n1)CN2C(=O)C1CC1)C(C)(C)C. The third kappa shape index (κ3) is 5.74. The van der Waals surface area contributed by atoms with Crippen LogP contribution in [0.2, 0.25) is 0 Å². The number of hydrogen-bond donors (Lipinski definition) is 1. The second-order valence-corrected chi connectivity index (χ2v) is 14.4. The van der Waals surface area contributed by atoms with Gasteiger partial charge in [0.25, 0.3) is 0 Å². The fraction of sp³-hybridized carbons (Fsp3) is 0.529. The van der Waals surface area contributed by atoms with Gasteiger partial charge in [-0.25, -0.2) is 9.78 Å². The van der Waals surface area contributed by atoms with Gasteiger partial charge in [0.1, 0.15) is 17.3 Å². The molecule has 3 fully saturated rings. The van der Waals surface area contributed by atoms with Crippen LogP contribution in [0.15, 0.2) is 54.9 Å². The Bertz CT molecular complexity index is 1530. The van der Waals surface area contributed by atoms with Gasteiger partial charge in [0.15, 0.2) is 0 Å². The quantitative estimate of drug-likeness (QED) is 0.442. The maximum absolute atomic E-state index is 14.4. The molecule has 0 bridgehead atoms. The number of hydrogen-bond acceptors (Lipinski definition) is 5. The van der Waals surface area contributed by atoms with Crippen molar-refractivity contribution in [3.05, 3.63) is 60.6 Å². The van der Waals surface area contributed by atoms with Gasteiger partial charge in [-0.2, -0.15) is 0 Å². The fourth-order valence-corrected chi connectivity index (χ4v) is 6.72. The first-order valence-corrected chi connectivity index (χ1v) is 15.5. The van der Waals surface area contributed by atoms with Crippen LogP contribution < -0.4 is 5.32 Å². The number of carbonyl (C=O) groups is 3. The first-order valence-electron chi connectivity index (χ1n) is 15.5. The van der Waals surface area contributed by atoms with E-state index in [1.165, 1.54) is 0 Å². The standard InChI is InChI=1S/C34H43N5O4/c1-33(2,3)28(36-32(42)43-34(4,5)6)31(41)38-18-16-26-27(38)24(19-39(26)30(40)22-14-15-22)25-20-37-17-10-13-23(29(37)35-25)21-11-8-7-9-12-21/h7-13,17,20,22,24,26-28H,14-16,18-19H2,1-6H3,(H,36,42)/t24-,26-,27-,28-/m1/s1. The molecule has 4 heterocycles.